The van der Waals surface area contributed by atoms with Gasteiger partial charge >= 0.3 is 0 Å². The lowest BCUT2D eigenvalue weighted by atomic mass is 10.1. The van der Waals surface area contributed by atoms with E-state index in [9.17, 15) is 5.11 Å². The van der Waals surface area contributed by atoms with Crippen LogP contribution in [0.2, 0.25) is 5.02 Å². The second-order valence-corrected chi connectivity index (χ2v) is 8.94. The van der Waals surface area contributed by atoms with Crippen LogP contribution in [-0.2, 0) is 13.0 Å². The van der Waals surface area contributed by atoms with E-state index >= 15 is 0 Å². The van der Waals surface area contributed by atoms with Crippen LogP contribution in [0.4, 0.5) is 5.82 Å². The number of fused-ring (bicyclic) bond motifs is 1. The van der Waals surface area contributed by atoms with Crippen molar-refractivity contribution in [3.05, 3.63) is 46.6 Å². The standard InChI is InChI=1S/C24H26ClN7O3/c1-4-32-18-12-19(34-13-15(26)11-14-7-5-6-8-16(14)25)28-17(9-10-24(2,3)33)20(18)29-23(32)21-22(27)31-35-30-21/h5-8,12,15,33H,4,11,13,26H2,1-3H3,(H2,27,31)/t15-/m1/s1. The summed E-state index contributed by atoms with van der Waals surface area (Å²) in [5.74, 6) is 6.60. The SMILES string of the molecule is CCn1c(-c2nonc2N)nc2c(C#CC(C)(C)O)nc(OC[C@H](N)Cc3ccccc3Cl)cc21. The summed E-state index contributed by atoms with van der Waals surface area (Å²) in [6.07, 6.45) is 0.544. The number of imidazole rings is 1. The van der Waals surface area contributed by atoms with Gasteiger partial charge in [-0.1, -0.05) is 35.7 Å². The van der Waals surface area contributed by atoms with Gasteiger partial charge in [0.25, 0.3) is 0 Å². The van der Waals surface area contributed by atoms with Crippen molar-refractivity contribution in [3.8, 4) is 29.2 Å². The molecule has 0 unspecified atom stereocenters. The fourth-order valence-corrected chi connectivity index (χ4v) is 3.73. The third kappa shape index (κ3) is 5.54. The zero-order chi connectivity index (χ0) is 25.2. The molecule has 5 N–H and O–H groups in total. The number of pyridine rings is 1. The highest BCUT2D eigenvalue weighted by Crippen LogP contribution is 2.30. The van der Waals surface area contributed by atoms with Gasteiger partial charge in [0.15, 0.2) is 17.3 Å². The molecule has 0 radical (unpaired) electrons. The van der Waals surface area contributed by atoms with Gasteiger partial charge in [-0.15, -0.1) is 0 Å². The van der Waals surface area contributed by atoms with Crippen molar-refractivity contribution >= 4 is 28.5 Å². The molecule has 35 heavy (non-hydrogen) atoms. The van der Waals surface area contributed by atoms with Gasteiger partial charge < -0.3 is 25.9 Å². The topological polar surface area (TPSA) is 151 Å². The summed E-state index contributed by atoms with van der Waals surface area (Å²) in [4.78, 5) is 9.21. The maximum atomic E-state index is 10.1. The Bertz CT molecular complexity index is 1410. The minimum absolute atomic E-state index is 0.120. The number of hydrogen-bond donors (Lipinski definition) is 3. The number of aliphatic hydroxyl groups is 1. The summed E-state index contributed by atoms with van der Waals surface area (Å²) >= 11 is 6.25. The lowest BCUT2D eigenvalue weighted by Crippen LogP contribution is -2.30. The maximum absolute atomic E-state index is 10.1. The highest BCUT2D eigenvalue weighted by atomic mass is 35.5. The summed E-state index contributed by atoms with van der Waals surface area (Å²) in [6, 6.07) is 8.99. The van der Waals surface area contributed by atoms with Crippen LogP contribution in [-0.4, -0.2) is 48.2 Å². The molecule has 0 spiro atoms. The number of hydrogen-bond acceptors (Lipinski definition) is 9. The molecular formula is C24H26ClN7O3. The lowest BCUT2D eigenvalue weighted by Gasteiger charge is -2.14. The van der Waals surface area contributed by atoms with Gasteiger partial charge in [-0.3, -0.25) is 0 Å². The highest BCUT2D eigenvalue weighted by Gasteiger charge is 2.22. The van der Waals surface area contributed by atoms with Crippen molar-refractivity contribution in [1.82, 2.24) is 24.8 Å². The summed E-state index contributed by atoms with van der Waals surface area (Å²) in [5, 5.41) is 18.3. The van der Waals surface area contributed by atoms with E-state index in [0.29, 0.717) is 52.1 Å². The van der Waals surface area contributed by atoms with Crippen molar-refractivity contribution in [3.63, 3.8) is 0 Å². The van der Waals surface area contributed by atoms with Crippen LogP contribution in [0, 0.1) is 11.8 Å². The molecule has 0 aliphatic heterocycles. The van der Waals surface area contributed by atoms with Crippen molar-refractivity contribution in [2.45, 2.75) is 45.4 Å². The minimum Gasteiger partial charge on any atom is -0.476 e. The average Bonchev–Trinajstić information content (AvgIpc) is 3.39. The van der Waals surface area contributed by atoms with Gasteiger partial charge in [-0.2, -0.15) is 0 Å². The van der Waals surface area contributed by atoms with Crippen molar-refractivity contribution < 1.29 is 14.5 Å². The number of anilines is 1. The van der Waals surface area contributed by atoms with Crippen LogP contribution >= 0.6 is 11.6 Å². The molecule has 0 aliphatic carbocycles. The monoisotopic (exact) mass is 495 g/mol. The summed E-state index contributed by atoms with van der Waals surface area (Å²) < 4.78 is 12.6. The zero-order valence-electron chi connectivity index (χ0n) is 19.6. The number of rotatable bonds is 7. The number of nitrogens with two attached hydrogens (primary N) is 2. The summed E-state index contributed by atoms with van der Waals surface area (Å²) in [7, 11) is 0. The quantitative estimate of drug-likeness (QED) is 0.328. The molecule has 0 fully saturated rings. The largest absolute Gasteiger partial charge is 0.476 e. The highest BCUT2D eigenvalue weighted by molar-refractivity contribution is 6.31. The van der Waals surface area contributed by atoms with Crippen LogP contribution in [0.5, 0.6) is 5.88 Å². The minimum atomic E-state index is -1.22. The fourth-order valence-electron chi connectivity index (χ4n) is 3.52. The normalized spacial score (nSPS) is 12.4. The molecule has 4 aromatic rings. The third-order valence-electron chi connectivity index (χ3n) is 5.13. The molecule has 4 rings (SSSR count). The van der Waals surface area contributed by atoms with Gasteiger partial charge in [0.2, 0.25) is 5.88 Å². The van der Waals surface area contributed by atoms with Gasteiger partial charge in [-0.25, -0.2) is 14.6 Å². The van der Waals surface area contributed by atoms with E-state index in [1.807, 2.05) is 35.8 Å². The third-order valence-corrected chi connectivity index (χ3v) is 5.50. The molecule has 3 heterocycles. The van der Waals surface area contributed by atoms with Crippen molar-refractivity contribution in [2.24, 2.45) is 5.73 Å². The van der Waals surface area contributed by atoms with Gasteiger partial charge in [-0.05, 0) is 55.1 Å². The Kier molecular flexibility index (Phi) is 6.93. The summed E-state index contributed by atoms with van der Waals surface area (Å²) in [5.41, 5.74) is 13.8. The number of aryl methyl sites for hydroxylation is 1. The van der Waals surface area contributed by atoms with E-state index in [1.165, 1.54) is 0 Å². The molecule has 11 heteroatoms. The number of nitrogens with zero attached hydrogens (tertiary/aromatic N) is 5. The predicted molar refractivity (Wildman–Crippen MR) is 133 cm³/mol. The van der Waals surface area contributed by atoms with Crippen LogP contribution in [0.3, 0.4) is 0 Å². The molecule has 1 aromatic carbocycles. The van der Waals surface area contributed by atoms with E-state index in [-0.39, 0.29) is 18.5 Å². The molecule has 10 nitrogen and oxygen atoms in total. The van der Waals surface area contributed by atoms with E-state index in [1.54, 1.807) is 19.9 Å². The Morgan fingerprint density at radius 1 is 1.26 bits per heavy atom. The van der Waals surface area contributed by atoms with Gasteiger partial charge in [0.05, 0.1) is 5.52 Å². The average molecular weight is 496 g/mol. The van der Waals surface area contributed by atoms with E-state index < -0.39 is 5.60 Å². The fraction of sp³-hybridized carbons (Fsp3) is 0.333. The molecule has 0 saturated heterocycles. The Morgan fingerprint density at radius 3 is 2.69 bits per heavy atom. The first-order valence-corrected chi connectivity index (χ1v) is 11.4. The molecule has 0 amide bonds. The van der Waals surface area contributed by atoms with E-state index in [4.69, 9.17) is 32.4 Å². The number of aromatic nitrogens is 5. The van der Waals surface area contributed by atoms with Gasteiger partial charge in [0, 0.05) is 23.7 Å². The first-order valence-electron chi connectivity index (χ1n) is 11.0. The maximum Gasteiger partial charge on any atom is 0.216 e. The molecule has 0 bridgehead atoms. The number of nitrogen functional groups attached to an aromatic ring is 1. The second-order valence-electron chi connectivity index (χ2n) is 8.53. The molecule has 1 atom stereocenters. The molecule has 0 saturated carbocycles. The Balaban J connectivity index is 1.71. The predicted octanol–water partition coefficient (Wildman–Crippen LogP) is 2.81. The van der Waals surface area contributed by atoms with Crippen LogP contribution < -0.4 is 16.2 Å². The smallest absolute Gasteiger partial charge is 0.216 e. The van der Waals surface area contributed by atoms with E-state index in [2.05, 4.69) is 32.1 Å². The molecule has 182 valence electrons. The lowest BCUT2D eigenvalue weighted by molar-refractivity contribution is 0.143. The number of ether oxygens (including phenoxy) is 1. The molecule has 0 aliphatic rings. The van der Waals surface area contributed by atoms with Crippen molar-refractivity contribution in [2.75, 3.05) is 12.3 Å². The molecule has 3 aromatic heterocycles. The first-order chi connectivity index (χ1) is 16.7. The van der Waals surface area contributed by atoms with E-state index in [0.717, 1.165) is 5.56 Å². The Hall–Kier alpha value is -3.65. The first kappa shape index (κ1) is 24.5. The van der Waals surface area contributed by atoms with Crippen LogP contribution in [0.25, 0.3) is 22.6 Å². The number of benzene rings is 1. The second kappa shape index (κ2) is 9.92. The summed E-state index contributed by atoms with van der Waals surface area (Å²) in [6.45, 7) is 5.88. The number of halogens is 1. The van der Waals surface area contributed by atoms with Crippen LogP contribution in [0.1, 0.15) is 32.0 Å². The van der Waals surface area contributed by atoms with Gasteiger partial charge in [0.1, 0.15) is 23.4 Å². The Labute approximate surface area is 207 Å². The molecular weight excluding hydrogens is 470 g/mol. The van der Waals surface area contributed by atoms with Crippen LogP contribution in [0.15, 0.2) is 35.0 Å². The zero-order valence-corrected chi connectivity index (χ0v) is 20.4. The van der Waals surface area contributed by atoms with Crippen molar-refractivity contribution in [1.29, 1.82) is 0 Å². The Morgan fingerprint density at radius 2 is 2.03 bits per heavy atom.